The van der Waals surface area contributed by atoms with Crippen molar-refractivity contribution in [3.05, 3.63) is 180 Å². The van der Waals surface area contributed by atoms with Gasteiger partial charge in [-0.15, -0.1) is 0 Å². The zero-order valence-electron chi connectivity index (χ0n) is 32.2. The van der Waals surface area contributed by atoms with Crippen molar-refractivity contribution >= 4 is 0 Å². The maximum absolute atomic E-state index is 11.5. The van der Waals surface area contributed by atoms with Gasteiger partial charge in [-0.3, -0.25) is 0 Å². The van der Waals surface area contributed by atoms with Gasteiger partial charge in [0.25, 0.3) is 0 Å². The number of phenols is 5. The maximum atomic E-state index is 11.5. The van der Waals surface area contributed by atoms with Crippen LogP contribution in [0.25, 0.3) is 0 Å². The topological polar surface area (TPSA) is 101 Å². The van der Waals surface area contributed by atoms with Gasteiger partial charge in [0.2, 0.25) is 0 Å². The second-order valence-corrected chi connectivity index (χ2v) is 15.1. The lowest BCUT2D eigenvalue weighted by Crippen LogP contribution is -2.10. The Balaban J connectivity index is 1.50. The molecule has 0 aliphatic rings. The highest BCUT2D eigenvalue weighted by molar-refractivity contribution is 5.59. The molecule has 0 aromatic heterocycles. The lowest BCUT2D eigenvalue weighted by atomic mass is 9.78. The monoisotopic (exact) mass is 706 g/mol. The molecule has 0 fully saturated rings. The highest BCUT2D eigenvalue weighted by Crippen LogP contribution is 2.45. The summed E-state index contributed by atoms with van der Waals surface area (Å²) in [4.78, 5) is 0. The minimum absolute atomic E-state index is 0.156. The molecule has 272 valence electrons. The fourth-order valence-electron chi connectivity index (χ4n) is 7.83. The fraction of sp³-hybridized carbons (Fsp3) is 0.250. The smallest absolute Gasteiger partial charge is 0.119 e. The van der Waals surface area contributed by atoms with Crippen LogP contribution in [-0.4, -0.2) is 25.5 Å². The van der Waals surface area contributed by atoms with Gasteiger partial charge in [0.1, 0.15) is 28.7 Å². The summed E-state index contributed by atoms with van der Waals surface area (Å²) < 4.78 is 0. The first-order valence-corrected chi connectivity index (χ1v) is 18.2. The number of rotatable bonds is 8. The molecule has 53 heavy (non-hydrogen) atoms. The number of aryl methyl sites for hydroxylation is 9. The summed E-state index contributed by atoms with van der Waals surface area (Å²) >= 11 is 0. The van der Waals surface area contributed by atoms with Crippen molar-refractivity contribution in [3.63, 3.8) is 0 Å². The standard InChI is InChI=1S/C48H50O5/c1-25-14-27(3)36(15-26(25)2)47(37-16-31(7)44(51)19-28(37)4)40-23-34(10-12-42(40)49)22-35-11-13-43(50)41(24-35)48(38-17-32(8)45(52)20-29(38)5)39-18-33(9)46(53)21-30(39)6/h10-21,23-24,47-53H,22H2,1-9H3. The molecule has 6 rings (SSSR count). The summed E-state index contributed by atoms with van der Waals surface area (Å²) in [6.45, 7) is 17.9. The molecule has 0 aliphatic heterocycles. The quantitative estimate of drug-likeness (QED) is 0.101. The van der Waals surface area contributed by atoms with Crippen LogP contribution >= 0.6 is 0 Å². The van der Waals surface area contributed by atoms with Crippen LogP contribution in [0.3, 0.4) is 0 Å². The first kappa shape index (κ1) is 37.1. The maximum Gasteiger partial charge on any atom is 0.119 e. The van der Waals surface area contributed by atoms with E-state index in [9.17, 15) is 25.5 Å². The average molecular weight is 707 g/mol. The van der Waals surface area contributed by atoms with Gasteiger partial charge in [-0.25, -0.2) is 0 Å². The van der Waals surface area contributed by atoms with Crippen LogP contribution in [0.15, 0.2) is 84.9 Å². The van der Waals surface area contributed by atoms with Crippen molar-refractivity contribution < 1.29 is 25.5 Å². The van der Waals surface area contributed by atoms with E-state index in [1.165, 1.54) is 11.1 Å². The molecule has 0 saturated heterocycles. The van der Waals surface area contributed by atoms with Gasteiger partial charge in [-0.2, -0.15) is 0 Å². The Bertz CT molecular complexity index is 2100. The fourth-order valence-corrected chi connectivity index (χ4v) is 7.83. The molecule has 0 aliphatic carbocycles. The summed E-state index contributed by atoms with van der Waals surface area (Å²) in [5, 5.41) is 54.7. The van der Waals surface area contributed by atoms with E-state index in [-0.39, 0.29) is 40.6 Å². The molecule has 0 heterocycles. The molecule has 0 amide bonds. The predicted octanol–water partition coefficient (Wildman–Crippen LogP) is 10.9. The summed E-state index contributed by atoms with van der Waals surface area (Å²) in [6, 6.07) is 27.3. The lowest BCUT2D eigenvalue weighted by molar-refractivity contribution is 0.465. The van der Waals surface area contributed by atoms with Crippen LogP contribution in [-0.2, 0) is 6.42 Å². The van der Waals surface area contributed by atoms with Gasteiger partial charge in [0.15, 0.2) is 0 Å². The second-order valence-electron chi connectivity index (χ2n) is 15.1. The van der Waals surface area contributed by atoms with E-state index in [4.69, 9.17) is 0 Å². The van der Waals surface area contributed by atoms with Gasteiger partial charge in [0, 0.05) is 23.0 Å². The van der Waals surface area contributed by atoms with Crippen LogP contribution in [0, 0.1) is 62.3 Å². The SMILES string of the molecule is Cc1cc(C)c(C(c2cc(C)c(O)cc2C)c2cc(Cc3ccc(O)c(C(c4cc(C)c(O)cc4C)c4cc(C)c(O)cc4C)c3)ccc2O)cc1C. The molecule has 6 aromatic rings. The van der Waals surface area contributed by atoms with E-state index in [1.54, 1.807) is 30.3 Å². The van der Waals surface area contributed by atoms with Crippen LogP contribution in [0.2, 0.25) is 0 Å². The Labute approximate surface area is 313 Å². The summed E-state index contributed by atoms with van der Waals surface area (Å²) in [6.07, 6.45) is 0.542. The lowest BCUT2D eigenvalue weighted by Gasteiger charge is -2.26. The Hall–Kier alpha value is -5.68. The molecule has 6 aromatic carbocycles. The Morgan fingerprint density at radius 3 is 0.962 bits per heavy atom. The molecule has 5 nitrogen and oxygen atoms in total. The molecule has 0 spiro atoms. The minimum Gasteiger partial charge on any atom is -0.508 e. The summed E-state index contributed by atoms with van der Waals surface area (Å²) in [7, 11) is 0. The molecule has 0 saturated carbocycles. The average Bonchev–Trinajstić information content (AvgIpc) is 3.09. The van der Waals surface area contributed by atoms with E-state index in [0.717, 1.165) is 83.5 Å². The van der Waals surface area contributed by atoms with Crippen molar-refractivity contribution in [1.29, 1.82) is 0 Å². The number of aromatic hydroxyl groups is 5. The molecule has 0 bridgehead atoms. The number of phenolic OH excluding ortho intramolecular Hbond substituents is 5. The van der Waals surface area contributed by atoms with Crippen molar-refractivity contribution in [2.24, 2.45) is 0 Å². The Morgan fingerprint density at radius 1 is 0.302 bits per heavy atom. The minimum atomic E-state index is -0.373. The van der Waals surface area contributed by atoms with Gasteiger partial charge in [-0.05, 0) is 183 Å². The van der Waals surface area contributed by atoms with E-state index < -0.39 is 0 Å². The summed E-state index contributed by atoms with van der Waals surface area (Å²) in [5.74, 6) is 0.384. The van der Waals surface area contributed by atoms with Gasteiger partial charge < -0.3 is 25.5 Å². The third kappa shape index (κ3) is 7.21. The van der Waals surface area contributed by atoms with Gasteiger partial charge in [0.05, 0.1) is 0 Å². The molecule has 1 atom stereocenters. The molecule has 1 unspecified atom stereocenters. The largest absolute Gasteiger partial charge is 0.508 e. The third-order valence-corrected chi connectivity index (χ3v) is 11.1. The Morgan fingerprint density at radius 2 is 0.604 bits per heavy atom. The molecular formula is C48H50O5. The number of benzene rings is 6. The zero-order chi connectivity index (χ0) is 38.5. The van der Waals surface area contributed by atoms with E-state index in [2.05, 4.69) is 39.0 Å². The van der Waals surface area contributed by atoms with Crippen LogP contribution in [0.1, 0.15) is 106 Å². The number of hydrogen-bond acceptors (Lipinski definition) is 5. The zero-order valence-corrected chi connectivity index (χ0v) is 32.2. The first-order chi connectivity index (χ1) is 25.0. The van der Waals surface area contributed by atoms with Crippen LogP contribution in [0.5, 0.6) is 28.7 Å². The van der Waals surface area contributed by atoms with Crippen molar-refractivity contribution in [3.8, 4) is 28.7 Å². The van der Waals surface area contributed by atoms with Crippen LogP contribution in [0.4, 0.5) is 0 Å². The third-order valence-electron chi connectivity index (χ3n) is 11.1. The van der Waals surface area contributed by atoms with Crippen molar-refractivity contribution in [1.82, 2.24) is 0 Å². The number of hydrogen-bond donors (Lipinski definition) is 5. The molecule has 5 N–H and O–H groups in total. The van der Waals surface area contributed by atoms with E-state index >= 15 is 0 Å². The molecule has 5 heteroatoms. The summed E-state index contributed by atoms with van der Waals surface area (Å²) in [5.41, 5.74) is 16.0. The van der Waals surface area contributed by atoms with Gasteiger partial charge >= 0.3 is 0 Å². The van der Waals surface area contributed by atoms with E-state index in [0.29, 0.717) is 6.42 Å². The van der Waals surface area contributed by atoms with Crippen LogP contribution < -0.4 is 0 Å². The molecular weight excluding hydrogens is 657 g/mol. The predicted molar refractivity (Wildman–Crippen MR) is 214 cm³/mol. The second kappa shape index (κ2) is 14.4. The normalized spacial score (nSPS) is 12.0. The van der Waals surface area contributed by atoms with Crippen molar-refractivity contribution in [2.45, 2.75) is 80.6 Å². The van der Waals surface area contributed by atoms with E-state index in [1.807, 2.05) is 77.9 Å². The molecule has 0 radical (unpaired) electrons. The van der Waals surface area contributed by atoms with Gasteiger partial charge in [-0.1, -0.05) is 54.6 Å². The highest BCUT2D eigenvalue weighted by Gasteiger charge is 2.27. The first-order valence-electron chi connectivity index (χ1n) is 18.2. The highest BCUT2D eigenvalue weighted by atomic mass is 16.3. The Kier molecular flexibility index (Phi) is 10.1. The van der Waals surface area contributed by atoms with Crippen molar-refractivity contribution in [2.75, 3.05) is 0 Å².